The summed E-state index contributed by atoms with van der Waals surface area (Å²) in [6.07, 6.45) is 0.363. The predicted octanol–water partition coefficient (Wildman–Crippen LogP) is 1.94. The zero-order valence-corrected chi connectivity index (χ0v) is 9.75. The fourth-order valence-corrected chi connectivity index (χ4v) is 1.30. The maximum Gasteiger partial charge on any atom is 0.226 e. The molecule has 1 aromatic carbocycles. The van der Waals surface area contributed by atoms with Crippen molar-refractivity contribution in [2.75, 3.05) is 24.3 Å². The Morgan fingerprint density at radius 1 is 1.50 bits per heavy atom. The third-order valence-electron chi connectivity index (χ3n) is 2.21. The molecular weight excluding hydrogens is 204 g/mol. The number of hydrogen-bond acceptors (Lipinski definition) is 3. The topological polar surface area (TPSA) is 64.3 Å². The molecule has 0 saturated carbocycles. The molecule has 0 aliphatic heterocycles. The highest BCUT2D eigenvalue weighted by Crippen LogP contribution is 2.18. The van der Waals surface area contributed by atoms with Crippen LogP contribution in [0, 0.1) is 6.92 Å². The lowest BCUT2D eigenvalue weighted by Crippen LogP contribution is -2.15. The number of ether oxygens (including phenoxy) is 1. The molecule has 0 bridgehead atoms. The van der Waals surface area contributed by atoms with E-state index < -0.39 is 0 Å². The average Bonchev–Trinajstić information content (AvgIpc) is 2.24. The lowest BCUT2D eigenvalue weighted by Gasteiger charge is -2.09. The zero-order chi connectivity index (χ0) is 12.0. The molecule has 0 unspecified atom stereocenters. The van der Waals surface area contributed by atoms with Gasteiger partial charge in [-0.2, -0.15) is 0 Å². The van der Waals surface area contributed by atoms with Gasteiger partial charge in [0.1, 0.15) is 0 Å². The number of hydrogen-bond donors (Lipinski definition) is 2. The van der Waals surface area contributed by atoms with Crippen molar-refractivity contribution in [1.29, 1.82) is 0 Å². The fourth-order valence-electron chi connectivity index (χ4n) is 1.30. The molecule has 0 aliphatic carbocycles. The predicted molar refractivity (Wildman–Crippen MR) is 65.3 cm³/mol. The minimum Gasteiger partial charge on any atom is -0.399 e. The summed E-state index contributed by atoms with van der Waals surface area (Å²) < 4.78 is 5.11. The molecule has 0 aliphatic rings. The lowest BCUT2D eigenvalue weighted by molar-refractivity contribution is -0.117. The number of benzene rings is 1. The van der Waals surface area contributed by atoms with Crippen LogP contribution in [0.15, 0.2) is 18.2 Å². The maximum absolute atomic E-state index is 11.5. The Balaban J connectivity index is 2.52. The minimum atomic E-state index is -0.0536. The second-order valence-electron chi connectivity index (χ2n) is 3.57. The Kier molecular flexibility index (Phi) is 4.79. The zero-order valence-electron chi connectivity index (χ0n) is 9.75. The van der Waals surface area contributed by atoms with Crippen molar-refractivity contribution in [2.45, 2.75) is 20.3 Å². The third-order valence-corrected chi connectivity index (χ3v) is 2.21. The molecule has 1 aromatic rings. The van der Waals surface area contributed by atoms with E-state index in [0.717, 1.165) is 11.3 Å². The maximum atomic E-state index is 11.5. The third kappa shape index (κ3) is 3.90. The molecule has 0 radical (unpaired) electrons. The standard InChI is InChI=1S/C12H18N2O2/c1-3-16-7-6-12(15)14-11-8-10(13)5-4-9(11)2/h4-5,8H,3,6-7,13H2,1-2H3,(H,14,15). The summed E-state index contributed by atoms with van der Waals surface area (Å²) in [5, 5.41) is 2.81. The first-order chi connectivity index (χ1) is 7.63. The van der Waals surface area contributed by atoms with Crippen LogP contribution < -0.4 is 11.1 Å². The quantitative estimate of drug-likeness (QED) is 0.591. The van der Waals surface area contributed by atoms with E-state index in [1.54, 1.807) is 6.07 Å². The largest absolute Gasteiger partial charge is 0.399 e. The molecule has 0 fully saturated rings. The molecule has 4 heteroatoms. The van der Waals surface area contributed by atoms with Gasteiger partial charge in [-0.25, -0.2) is 0 Å². The van der Waals surface area contributed by atoms with E-state index >= 15 is 0 Å². The molecular formula is C12H18N2O2. The molecule has 0 heterocycles. The SMILES string of the molecule is CCOCCC(=O)Nc1cc(N)ccc1C. The molecule has 0 aromatic heterocycles. The summed E-state index contributed by atoms with van der Waals surface area (Å²) in [6, 6.07) is 5.45. The van der Waals surface area contributed by atoms with Crippen molar-refractivity contribution in [3.05, 3.63) is 23.8 Å². The smallest absolute Gasteiger partial charge is 0.226 e. The second-order valence-corrected chi connectivity index (χ2v) is 3.57. The summed E-state index contributed by atoms with van der Waals surface area (Å²) in [4.78, 5) is 11.5. The number of nitrogen functional groups attached to an aromatic ring is 1. The summed E-state index contributed by atoms with van der Waals surface area (Å²) in [5.41, 5.74) is 8.06. The van der Waals surface area contributed by atoms with Crippen LogP contribution in [0.4, 0.5) is 11.4 Å². The monoisotopic (exact) mass is 222 g/mol. The van der Waals surface area contributed by atoms with Crippen LogP contribution in [-0.4, -0.2) is 19.1 Å². The highest BCUT2D eigenvalue weighted by atomic mass is 16.5. The summed E-state index contributed by atoms with van der Waals surface area (Å²) in [5.74, 6) is -0.0536. The molecule has 4 nitrogen and oxygen atoms in total. The van der Waals surface area contributed by atoms with Crippen LogP contribution in [0.3, 0.4) is 0 Å². The van der Waals surface area contributed by atoms with E-state index in [1.807, 2.05) is 26.0 Å². The van der Waals surface area contributed by atoms with E-state index in [9.17, 15) is 4.79 Å². The fraction of sp³-hybridized carbons (Fsp3) is 0.417. The molecule has 0 atom stereocenters. The first-order valence-electron chi connectivity index (χ1n) is 5.37. The van der Waals surface area contributed by atoms with Gasteiger partial charge in [0.25, 0.3) is 0 Å². The Bertz CT molecular complexity index is 364. The molecule has 0 saturated heterocycles. The van der Waals surface area contributed by atoms with E-state index in [2.05, 4.69) is 5.32 Å². The number of aryl methyl sites for hydroxylation is 1. The summed E-state index contributed by atoms with van der Waals surface area (Å²) in [6.45, 7) is 4.91. The van der Waals surface area contributed by atoms with E-state index in [1.165, 1.54) is 0 Å². The van der Waals surface area contributed by atoms with Gasteiger partial charge in [-0.3, -0.25) is 4.79 Å². The Labute approximate surface area is 95.8 Å². The number of nitrogens with two attached hydrogens (primary N) is 1. The van der Waals surface area contributed by atoms with Crippen LogP contribution in [-0.2, 0) is 9.53 Å². The van der Waals surface area contributed by atoms with Gasteiger partial charge in [0, 0.05) is 18.0 Å². The van der Waals surface area contributed by atoms with Gasteiger partial charge >= 0.3 is 0 Å². The van der Waals surface area contributed by atoms with Gasteiger partial charge < -0.3 is 15.8 Å². The van der Waals surface area contributed by atoms with E-state index in [-0.39, 0.29) is 5.91 Å². The normalized spacial score (nSPS) is 10.1. The number of anilines is 2. The van der Waals surface area contributed by atoms with Gasteiger partial charge in [0.05, 0.1) is 13.0 Å². The van der Waals surface area contributed by atoms with Gasteiger partial charge in [-0.15, -0.1) is 0 Å². The number of carbonyl (C=O) groups is 1. The van der Waals surface area contributed by atoms with Crippen LogP contribution in [0.5, 0.6) is 0 Å². The van der Waals surface area contributed by atoms with Crippen molar-refractivity contribution in [3.63, 3.8) is 0 Å². The van der Waals surface area contributed by atoms with Crippen LogP contribution in [0.2, 0.25) is 0 Å². The number of amides is 1. The van der Waals surface area contributed by atoms with Crippen molar-refractivity contribution in [3.8, 4) is 0 Å². The lowest BCUT2D eigenvalue weighted by atomic mass is 10.2. The molecule has 16 heavy (non-hydrogen) atoms. The van der Waals surface area contributed by atoms with Gasteiger partial charge in [-0.05, 0) is 31.5 Å². The van der Waals surface area contributed by atoms with Crippen molar-refractivity contribution >= 4 is 17.3 Å². The molecule has 1 rings (SSSR count). The summed E-state index contributed by atoms with van der Waals surface area (Å²) in [7, 11) is 0. The number of carbonyl (C=O) groups excluding carboxylic acids is 1. The number of rotatable bonds is 5. The van der Waals surface area contributed by atoms with Crippen molar-refractivity contribution < 1.29 is 9.53 Å². The highest BCUT2D eigenvalue weighted by Gasteiger charge is 2.04. The van der Waals surface area contributed by atoms with E-state index in [0.29, 0.717) is 25.3 Å². The molecule has 1 amide bonds. The average molecular weight is 222 g/mol. The highest BCUT2D eigenvalue weighted by molar-refractivity contribution is 5.92. The van der Waals surface area contributed by atoms with Gasteiger partial charge in [0.2, 0.25) is 5.91 Å². The van der Waals surface area contributed by atoms with Crippen molar-refractivity contribution in [1.82, 2.24) is 0 Å². The van der Waals surface area contributed by atoms with Crippen molar-refractivity contribution in [2.24, 2.45) is 0 Å². The second kappa shape index (κ2) is 6.12. The van der Waals surface area contributed by atoms with Gasteiger partial charge in [0.15, 0.2) is 0 Å². The Hall–Kier alpha value is -1.55. The molecule has 88 valence electrons. The first kappa shape index (κ1) is 12.5. The Morgan fingerprint density at radius 2 is 2.25 bits per heavy atom. The van der Waals surface area contributed by atoms with Crippen LogP contribution in [0.25, 0.3) is 0 Å². The minimum absolute atomic E-state index is 0.0536. The Morgan fingerprint density at radius 3 is 2.94 bits per heavy atom. The van der Waals surface area contributed by atoms with E-state index in [4.69, 9.17) is 10.5 Å². The van der Waals surface area contributed by atoms with Gasteiger partial charge in [-0.1, -0.05) is 6.07 Å². The van der Waals surface area contributed by atoms with Crippen LogP contribution in [0.1, 0.15) is 18.9 Å². The first-order valence-corrected chi connectivity index (χ1v) is 5.37. The summed E-state index contributed by atoms with van der Waals surface area (Å²) >= 11 is 0. The van der Waals surface area contributed by atoms with Crippen LogP contribution >= 0.6 is 0 Å². The molecule has 3 N–H and O–H groups in total. The number of nitrogens with one attached hydrogen (secondary N) is 1. The molecule has 0 spiro atoms.